The Balaban J connectivity index is 1.42. The third kappa shape index (κ3) is 10.8. The second-order valence-corrected chi connectivity index (χ2v) is 23.6. The van der Waals surface area contributed by atoms with Crippen LogP contribution < -0.4 is 28.0 Å². The number of rotatable bonds is 13. The monoisotopic (exact) mass is 962 g/mol. The zero-order valence-corrected chi connectivity index (χ0v) is 44.5. The van der Waals surface area contributed by atoms with Gasteiger partial charge in [0.05, 0.1) is 41.7 Å². The highest BCUT2D eigenvalue weighted by Crippen LogP contribution is 2.48. The molecule has 0 N–H and O–H groups in total. The summed E-state index contributed by atoms with van der Waals surface area (Å²) in [6.45, 7) is 28.8. The maximum atomic E-state index is 7.13. The molecule has 0 bridgehead atoms. The number of benzene rings is 4. The largest absolute Gasteiger partial charge is 0.497 e. The summed E-state index contributed by atoms with van der Waals surface area (Å²) in [7, 11) is 2.51. The topological polar surface area (TPSA) is 126 Å². The standard InChI is InChI=1S/C53H72O12P2/c1-18-19-20-58-43-29-59-44(30-60-66-61-45-35(21-31(54-14)25-39(45)50(2,3)4)36-22-32(55-15)26-40(46(36)62-66)51(5,6)7)49(43)65-67-63-47-37(23-33(56-16)27-41(47)52(8,9)10)38-24-34(57-17)28-42(48(38)64-67)53(11,12)13/h21-28,43-44,49H,18-20,29-30H2,1-17H3/t43-,44+,49+/m0/s1. The van der Waals surface area contributed by atoms with Gasteiger partial charge in [-0.05, 0) is 76.6 Å². The minimum Gasteiger partial charge on any atom is -0.497 e. The van der Waals surface area contributed by atoms with Crippen LogP contribution >= 0.6 is 16.5 Å². The molecule has 0 spiro atoms. The van der Waals surface area contributed by atoms with Crippen LogP contribution in [0, 0.1) is 0 Å². The second-order valence-electron chi connectivity index (χ2n) is 21.5. The molecule has 2 aromatic heterocycles. The lowest BCUT2D eigenvalue weighted by molar-refractivity contribution is 0.00461. The van der Waals surface area contributed by atoms with Crippen LogP contribution in [-0.4, -0.2) is 66.6 Å². The van der Waals surface area contributed by atoms with Gasteiger partial charge in [-0.25, -0.2) is 0 Å². The van der Waals surface area contributed by atoms with Crippen LogP contribution in [0.4, 0.5) is 0 Å². The fraction of sp³-hybridized carbons (Fsp3) is 0.547. The van der Waals surface area contributed by atoms with Gasteiger partial charge in [0.15, 0.2) is 0 Å². The normalized spacial score (nSPS) is 17.2. The summed E-state index contributed by atoms with van der Waals surface area (Å²) in [6.07, 6.45) is 0.133. The van der Waals surface area contributed by atoms with E-state index in [0.29, 0.717) is 51.9 Å². The quantitative estimate of drug-likeness (QED) is 0.102. The molecule has 14 heteroatoms. The Hall–Kier alpha value is -4.28. The van der Waals surface area contributed by atoms with Crippen LogP contribution in [-0.2, 0) is 31.1 Å². The van der Waals surface area contributed by atoms with E-state index in [1.54, 1.807) is 28.4 Å². The molecular formula is C53H72O12P2. The van der Waals surface area contributed by atoms with E-state index in [4.69, 9.17) is 54.3 Å². The van der Waals surface area contributed by atoms with E-state index in [1.165, 1.54) is 0 Å². The van der Waals surface area contributed by atoms with Crippen LogP contribution in [0.5, 0.6) is 23.0 Å². The molecule has 0 unspecified atom stereocenters. The molecule has 1 saturated heterocycles. The molecule has 3 heterocycles. The van der Waals surface area contributed by atoms with E-state index in [0.717, 1.165) is 56.6 Å². The Labute approximate surface area is 398 Å². The van der Waals surface area contributed by atoms with E-state index in [-0.39, 0.29) is 34.9 Å². The number of hydrogen-bond donors (Lipinski definition) is 0. The minimum atomic E-state index is -2.13. The Morgan fingerprint density at radius 2 is 0.851 bits per heavy atom. The summed E-state index contributed by atoms with van der Waals surface area (Å²) in [5.74, 6) is 2.82. The van der Waals surface area contributed by atoms with Crippen molar-refractivity contribution in [1.82, 2.24) is 0 Å². The predicted molar refractivity (Wildman–Crippen MR) is 270 cm³/mol. The Morgan fingerprint density at radius 3 is 1.16 bits per heavy atom. The van der Waals surface area contributed by atoms with Gasteiger partial charge >= 0.3 is 16.5 Å². The van der Waals surface area contributed by atoms with Crippen LogP contribution in [0.1, 0.15) is 125 Å². The van der Waals surface area contributed by atoms with E-state index in [1.807, 2.05) is 48.5 Å². The molecular weight excluding hydrogens is 891 g/mol. The first-order valence-electron chi connectivity index (χ1n) is 23.2. The van der Waals surface area contributed by atoms with E-state index < -0.39 is 34.8 Å². The van der Waals surface area contributed by atoms with Crippen molar-refractivity contribution in [1.29, 1.82) is 0 Å². The SMILES string of the molecule is CCCCO[C@H]1CO[C@H](COp2oc3c(C(C)(C)C)cc(OC)cc3c3cc(OC)cc(C(C)(C)C)c3o2)[C@@H]1Op1oc2c(C(C)(C)C)cc(OC)cc2c2cc(OC)cc(C(C)(C)C)c2o1. The third-order valence-corrected chi connectivity index (χ3v) is 14.4. The maximum absolute atomic E-state index is 7.13. The van der Waals surface area contributed by atoms with Gasteiger partial charge in [0.25, 0.3) is 0 Å². The molecule has 4 aromatic carbocycles. The smallest absolute Gasteiger partial charge is 0.387 e. The maximum Gasteiger partial charge on any atom is 0.387 e. The highest BCUT2D eigenvalue weighted by Gasteiger charge is 2.42. The van der Waals surface area contributed by atoms with Crippen molar-refractivity contribution in [3.63, 3.8) is 0 Å². The molecule has 0 radical (unpaired) electrons. The van der Waals surface area contributed by atoms with Gasteiger partial charge in [0.2, 0.25) is 0 Å². The molecule has 3 atom stereocenters. The first-order valence-corrected chi connectivity index (χ1v) is 25.4. The summed E-state index contributed by atoms with van der Waals surface area (Å²) in [5.41, 5.74) is 5.05. The van der Waals surface area contributed by atoms with Gasteiger partial charge in [-0.3, -0.25) is 9.05 Å². The van der Waals surface area contributed by atoms with Crippen molar-refractivity contribution in [2.24, 2.45) is 0 Å². The highest BCUT2D eigenvalue weighted by molar-refractivity contribution is 7.32. The lowest BCUT2D eigenvalue weighted by Crippen LogP contribution is -2.39. The molecule has 6 aromatic rings. The predicted octanol–water partition coefficient (Wildman–Crippen LogP) is 14.6. The van der Waals surface area contributed by atoms with Crippen LogP contribution in [0.15, 0.2) is 65.3 Å². The van der Waals surface area contributed by atoms with Crippen molar-refractivity contribution in [3.8, 4) is 23.0 Å². The van der Waals surface area contributed by atoms with Gasteiger partial charge in [0, 0.05) is 50.4 Å². The molecule has 7 rings (SSSR count). The highest BCUT2D eigenvalue weighted by atomic mass is 31.1. The van der Waals surface area contributed by atoms with Gasteiger partial charge in [0.1, 0.15) is 63.6 Å². The lowest BCUT2D eigenvalue weighted by Gasteiger charge is -2.22. The van der Waals surface area contributed by atoms with E-state index in [9.17, 15) is 0 Å². The number of unbranched alkanes of at least 4 members (excludes halogenated alkanes) is 1. The van der Waals surface area contributed by atoms with Gasteiger partial charge in [-0.2, -0.15) is 0 Å². The Bertz CT molecular complexity index is 2650. The molecule has 0 saturated carbocycles. The zero-order chi connectivity index (χ0) is 48.8. The molecule has 12 nitrogen and oxygen atoms in total. The van der Waals surface area contributed by atoms with Gasteiger partial charge in [-0.1, -0.05) is 96.4 Å². The summed E-state index contributed by atoms with van der Waals surface area (Å²) >= 11 is 0. The lowest BCUT2D eigenvalue weighted by atomic mass is 9.84. The average molecular weight is 963 g/mol. The van der Waals surface area contributed by atoms with Gasteiger partial charge in [-0.15, -0.1) is 0 Å². The van der Waals surface area contributed by atoms with E-state index in [2.05, 4.69) is 90.0 Å². The molecule has 1 aliphatic rings. The van der Waals surface area contributed by atoms with Crippen molar-refractivity contribution in [2.45, 2.75) is 143 Å². The number of hydrogen-bond acceptors (Lipinski definition) is 12. The van der Waals surface area contributed by atoms with Crippen LogP contribution in [0.25, 0.3) is 43.9 Å². The third-order valence-electron chi connectivity index (χ3n) is 12.3. The summed E-state index contributed by atoms with van der Waals surface area (Å²) < 4.78 is 78.6. The molecule has 366 valence electrons. The zero-order valence-electron chi connectivity index (χ0n) is 42.7. The Kier molecular flexibility index (Phi) is 14.8. The summed E-state index contributed by atoms with van der Waals surface area (Å²) in [6, 6.07) is 16.1. The van der Waals surface area contributed by atoms with Gasteiger partial charge < -0.3 is 45.2 Å². The molecule has 0 amide bonds. The fourth-order valence-corrected chi connectivity index (χ4v) is 10.8. The number of ether oxygens (including phenoxy) is 6. The molecule has 67 heavy (non-hydrogen) atoms. The first-order chi connectivity index (χ1) is 31.5. The molecule has 1 aliphatic heterocycles. The number of fused-ring (bicyclic) bond motifs is 6. The number of methoxy groups -OCH3 is 4. The summed E-state index contributed by atoms with van der Waals surface area (Å²) in [5, 5.41) is 3.29. The second kappa shape index (κ2) is 19.6. The first kappa shape index (κ1) is 50.6. The van der Waals surface area contributed by atoms with E-state index >= 15 is 0 Å². The summed E-state index contributed by atoms with van der Waals surface area (Å²) in [4.78, 5) is 0. The molecule has 0 aliphatic carbocycles. The molecule has 1 fully saturated rings. The van der Waals surface area contributed by atoms with Crippen molar-refractivity contribution in [3.05, 3.63) is 70.8 Å². The minimum absolute atomic E-state index is 0.0575. The van der Waals surface area contributed by atoms with Crippen molar-refractivity contribution >= 4 is 60.4 Å². The Morgan fingerprint density at radius 1 is 0.507 bits per heavy atom. The fourth-order valence-electron chi connectivity index (χ4n) is 8.42. The van der Waals surface area contributed by atoms with Crippen LogP contribution in [0.2, 0.25) is 0 Å². The van der Waals surface area contributed by atoms with Crippen molar-refractivity contribution < 1.29 is 54.3 Å². The average Bonchev–Trinajstić information content (AvgIpc) is 3.45. The van der Waals surface area contributed by atoms with Crippen molar-refractivity contribution in [2.75, 3.05) is 48.3 Å². The van der Waals surface area contributed by atoms with Crippen LogP contribution in [0.3, 0.4) is 0 Å².